The van der Waals surface area contributed by atoms with E-state index in [1.54, 1.807) is 6.21 Å². The molecule has 1 amide bonds. The molecule has 3 aromatic carbocycles. The second kappa shape index (κ2) is 7.62. The maximum Gasteiger partial charge on any atom is 0.272 e. The second-order valence-electron chi connectivity index (χ2n) is 6.05. The van der Waals surface area contributed by atoms with Crippen LogP contribution in [0.2, 0.25) is 0 Å². The zero-order valence-corrected chi connectivity index (χ0v) is 14.5. The van der Waals surface area contributed by atoms with Crippen molar-refractivity contribution in [1.82, 2.24) is 10.4 Å². The molecule has 0 bridgehead atoms. The standard InChI is InChI=1S/C23H17N3O/c27-23(26-24-16-17-9-3-1-4-10-17)20-15-22(18-11-5-2-6-12-18)25-21-14-8-7-13-19(20)21/h1-16H,(H,26,27). The Morgan fingerprint density at radius 2 is 1.52 bits per heavy atom. The minimum Gasteiger partial charge on any atom is -0.267 e. The number of carbonyl (C=O) groups excluding carboxylic acids is 1. The summed E-state index contributed by atoms with van der Waals surface area (Å²) >= 11 is 0. The van der Waals surface area contributed by atoms with Crippen LogP contribution < -0.4 is 5.43 Å². The van der Waals surface area contributed by atoms with E-state index in [9.17, 15) is 4.79 Å². The third-order valence-corrected chi connectivity index (χ3v) is 4.21. The average Bonchev–Trinajstić information content (AvgIpc) is 2.74. The van der Waals surface area contributed by atoms with E-state index in [4.69, 9.17) is 4.98 Å². The first-order valence-electron chi connectivity index (χ1n) is 8.65. The Balaban J connectivity index is 1.69. The van der Waals surface area contributed by atoms with Gasteiger partial charge in [0.05, 0.1) is 23.0 Å². The van der Waals surface area contributed by atoms with Crippen molar-refractivity contribution in [2.75, 3.05) is 0 Å². The Labute approximate surface area is 157 Å². The molecule has 0 radical (unpaired) electrons. The van der Waals surface area contributed by atoms with Crippen molar-refractivity contribution in [2.24, 2.45) is 5.10 Å². The fourth-order valence-corrected chi connectivity index (χ4v) is 2.88. The summed E-state index contributed by atoms with van der Waals surface area (Å²) in [6.07, 6.45) is 1.62. The summed E-state index contributed by atoms with van der Waals surface area (Å²) in [5.74, 6) is -0.266. The Bertz CT molecular complexity index is 1110. The summed E-state index contributed by atoms with van der Waals surface area (Å²) in [4.78, 5) is 17.5. The van der Waals surface area contributed by atoms with Crippen molar-refractivity contribution in [2.45, 2.75) is 0 Å². The lowest BCUT2D eigenvalue weighted by Gasteiger charge is -2.09. The first-order chi connectivity index (χ1) is 13.3. The number of hydrazone groups is 1. The molecule has 0 atom stereocenters. The molecule has 1 N–H and O–H groups in total. The number of para-hydroxylation sites is 1. The van der Waals surface area contributed by atoms with E-state index in [1.165, 1.54) is 0 Å². The molecule has 0 unspecified atom stereocenters. The second-order valence-corrected chi connectivity index (χ2v) is 6.05. The SMILES string of the molecule is O=C(NN=Cc1ccccc1)c1cc(-c2ccccc2)nc2ccccc12. The molecule has 0 spiro atoms. The fraction of sp³-hybridized carbons (Fsp3) is 0. The average molecular weight is 351 g/mol. The number of aromatic nitrogens is 1. The van der Waals surface area contributed by atoms with Crippen molar-refractivity contribution in [3.05, 3.63) is 102 Å². The van der Waals surface area contributed by atoms with Crippen molar-refractivity contribution in [3.8, 4) is 11.3 Å². The molecule has 130 valence electrons. The van der Waals surface area contributed by atoms with E-state index < -0.39 is 0 Å². The summed E-state index contributed by atoms with van der Waals surface area (Å²) in [6, 6.07) is 28.9. The van der Waals surface area contributed by atoms with Gasteiger partial charge in [0.15, 0.2) is 0 Å². The Kier molecular flexibility index (Phi) is 4.70. The highest BCUT2D eigenvalue weighted by molar-refractivity contribution is 6.07. The number of nitrogens with zero attached hydrogens (tertiary/aromatic N) is 2. The highest BCUT2D eigenvalue weighted by Gasteiger charge is 2.13. The summed E-state index contributed by atoms with van der Waals surface area (Å²) < 4.78 is 0. The van der Waals surface area contributed by atoms with Gasteiger partial charge in [-0.15, -0.1) is 0 Å². The van der Waals surface area contributed by atoms with Crippen LogP contribution >= 0.6 is 0 Å². The van der Waals surface area contributed by atoms with Crippen LogP contribution in [0.1, 0.15) is 15.9 Å². The molecule has 27 heavy (non-hydrogen) atoms. The molecule has 4 heteroatoms. The number of amides is 1. The highest BCUT2D eigenvalue weighted by atomic mass is 16.2. The van der Waals surface area contributed by atoms with Gasteiger partial charge in [-0.05, 0) is 17.7 Å². The van der Waals surface area contributed by atoms with Crippen molar-refractivity contribution in [3.63, 3.8) is 0 Å². The molecule has 0 aliphatic carbocycles. The Hall–Kier alpha value is -3.79. The molecule has 0 aliphatic rings. The third-order valence-electron chi connectivity index (χ3n) is 4.21. The molecule has 0 saturated heterocycles. The number of rotatable bonds is 4. The van der Waals surface area contributed by atoms with Gasteiger partial charge in [-0.1, -0.05) is 78.9 Å². The molecule has 1 aromatic heterocycles. The molecule has 1 heterocycles. The molecule has 4 aromatic rings. The lowest BCUT2D eigenvalue weighted by molar-refractivity contribution is 0.0957. The van der Waals surface area contributed by atoms with Gasteiger partial charge in [-0.3, -0.25) is 4.79 Å². The first kappa shape index (κ1) is 16.7. The zero-order valence-electron chi connectivity index (χ0n) is 14.5. The van der Waals surface area contributed by atoms with Crippen LogP contribution in [0.25, 0.3) is 22.2 Å². The smallest absolute Gasteiger partial charge is 0.267 e. The number of benzene rings is 3. The van der Waals surface area contributed by atoms with Crippen molar-refractivity contribution < 1.29 is 4.79 Å². The van der Waals surface area contributed by atoms with E-state index in [-0.39, 0.29) is 5.91 Å². The van der Waals surface area contributed by atoms with Gasteiger partial charge in [0.1, 0.15) is 0 Å². The number of hydrogen-bond donors (Lipinski definition) is 1. The largest absolute Gasteiger partial charge is 0.272 e. The van der Waals surface area contributed by atoms with E-state index in [0.717, 1.165) is 27.7 Å². The van der Waals surface area contributed by atoms with E-state index >= 15 is 0 Å². The number of hydrogen-bond acceptors (Lipinski definition) is 3. The molecular weight excluding hydrogens is 334 g/mol. The van der Waals surface area contributed by atoms with Gasteiger partial charge in [-0.25, -0.2) is 10.4 Å². The summed E-state index contributed by atoms with van der Waals surface area (Å²) in [5.41, 5.74) is 6.58. The quantitative estimate of drug-likeness (QED) is 0.429. The van der Waals surface area contributed by atoms with Crippen LogP contribution in [0.4, 0.5) is 0 Å². The lowest BCUT2D eigenvalue weighted by atomic mass is 10.0. The predicted molar refractivity (Wildman–Crippen MR) is 109 cm³/mol. The highest BCUT2D eigenvalue weighted by Crippen LogP contribution is 2.24. The predicted octanol–water partition coefficient (Wildman–Crippen LogP) is 4.67. The topological polar surface area (TPSA) is 54.4 Å². The first-order valence-corrected chi connectivity index (χ1v) is 8.65. The third kappa shape index (κ3) is 3.75. The van der Waals surface area contributed by atoms with E-state index in [1.807, 2.05) is 91.0 Å². The summed E-state index contributed by atoms with van der Waals surface area (Å²) in [6.45, 7) is 0. The molecule has 0 aliphatic heterocycles. The van der Waals surface area contributed by atoms with E-state index in [0.29, 0.717) is 5.56 Å². The van der Waals surface area contributed by atoms with Gasteiger partial charge in [0.25, 0.3) is 5.91 Å². The molecule has 0 fully saturated rings. The number of carbonyl (C=O) groups is 1. The monoisotopic (exact) mass is 351 g/mol. The lowest BCUT2D eigenvalue weighted by Crippen LogP contribution is -2.18. The van der Waals surface area contributed by atoms with Crippen LogP contribution in [0.15, 0.2) is 96.1 Å². The van der Waals surface area contributed by atoms with Crippen molar-refractivity contribution >= 4 is 23.0 Å². The van der Waals surface area contributed by atoms with Crippen LogP contribution in [-0.2, 0) is 0 Å². The van der Waals surface area contributed by atoms with Gasteiger partial charge in [0.2, 0.25) is 0 Å². The van der Waals surface area contributed by atoms with Gasteiger partial charge >= 0.3 is 0 Å². The maximum atomic E-state index is 12.8. The van der Waals surface area contributed by atoms with Crippen molar-refractivity contribution in [1.29, 1.82) is 0 Å². The van der Waals surface area contributed by atoms with Crippen LogP contribution in [0.5, 0.6) is 0 Å². The molecular formula is C23H17N3O. The molecule has 0 saturated carbocycles. The molecule has 4 nitrogen and oxygen atoms in total. The summed E-state index contributed by atoms with van der Waals surface area (Å²) in [5, 5.41) is 4.88. The minimum atomic E-state index is -0.266. The Morgan fingerprint density at radius 3 is 2.30 bits per heavy atom. The minimum absolute atomic E-state index is 0.266. The number of nitrogens with one attached hydrogen (secondary N) is 1. The van der Waals surface area contributed by atoms with E-state index in [2.05, 4.69) is 10.5 Å². The molecule has 4 rings (SSSR count). The summed E-state index contributed by atoms with van der Waals surface area (Å²) in [7, 11) is 0. The van der Waals surface area contributed by atoms with Gasteiger partial charge in [0, 0.05) is 10.9 Å². The van der Waals surface area contributed by atoms with Crippen LogP contribution in [0.3, 0.4) is 0 Å². The maximum absolute atomic E-state index is 12.8. The Morgan fingerprint density at radius 1 is 0.852 bits per heavy atom. The fourth-order valence-electron chi connectivity index (χ4n) is 2.88. The normalized spacial score (nSPS) is 11.0. The number of fused-ring (bicyclic) bond motifs is 1. The van der Waals surface area contributed by atoms with Crippen LogP contribution in [-0.4, -0.2) is 17.1 Å². The number of pyridine rings is 1. The van der Waals surface area contributed by atoms with Gasteiger partial charge in [-0.2, -0.15) is 5.10 Å². The zero-order chi connectivity index (χ0) is 18.5. The van der Waals surface area contributed by atoms with Crippen LogP contribution in [0, 0.1) is 0 Å². The van der Waals surface area contributed by atoms with Gasteiger partial charge < -0.3 is 0 Å².